The van der Waals surface area contributed by atoms with E-state index in [4.69, 9.17) is 5.11 Å². The van der Waals surface area contributed by atoms with Crippen molar-refractivity contribution in [1.29, 1.82) is 0 Å². The summed E-state index contributed by atoms with van der Waals surface area (Å²) < 4.78 is 14.4. The molecule has 0 saturated heterocycles. The van der Waals surface area contributed by atoms with Crippen LogP contribution in [0.1, 0.15) is 20.7 Å². The molecule has 0 bridgehead atoms. The lowest BCUT2D eigenvalue weighted by atomic mass is 10.1. The number of amides is 1. The Bertz CT molecular complexity index is 716. The number of carbonyl (C=O) groups is 2. The maximum atomic E-state index is 13.3. The van der Waals surface area contributed by atoms with Gasteiger partial charge in [0.25, 0.3) is 5.91 Å². The Morgan fingerprint density at radius 1 is 1.19 bits per heavy atom. The van der Waals surface area contributed by atoms with Crippen LogP contribution in [-0.4, -0.2) is 17.0 Å². The molecule has 7 heteroatoms. The third kappa shape index (κ3) is 4.01. The normalized spacial score (nSPS) is 10.2. The molecule has 0 fully saturated rings. The molecule has 2 aromatic carbocycles. The van der Waals surface area contributed by atoms with Crippen LogP contribution < -0.4 is 5.32 Å². The van der Waals surface area contributed by atoms with Crippen molar-refractivity contribution in [3.63, 3.8) is 0 Å². The number of carbonyl (C=O) groups excluding carboxylic acids is 1. The zero-order chi connectivity index (χ0) is 15.6. The van der Waals surface area contributed by atoms with E-state index in [9.17, 15) is 14.0 Å². The molecule has 0 aliphatic heterocycles. The number of benzene rings is 2. The lowest BCUT2D eigenvalue weighted by molar-refractivity contribution is 0.0698. The van der Waals surface area contributed by atoms with Crippen molar-refractivity contribution in [1.82, 2.24) is 0 Å². The fourth-order valence-corrected chi connectivity index (χ4v) is 2.64. The summed E-state index contributed by atoms with van der Waals surface area (Å²) in [6.07, 6.45) is 0. The molecule has 4 nitrogen and oxygen atoms in total. The van der Waals surface area contributed by atoms with Crippen LogP contribution in [0.5, 0.6) is 0 Å². The molecule has 0 heterocycles. The maximum Gasteiger partial charge on any atom is 0.337 e. The van der Waals surface area contributed by atoms with Gasteiger partial charge >= 0.3 is 5.97 Å². The van der Waals surface area contributed by atoms with Crippen LogP contribution in [-0.2, 0) is 0 Å². The number of aromatic carboxylic acids is 1. The largest absolute Gasteiger partial charge is 0.478 e. The number of halogens is 3. The number of hydrogen-bond acceptors (Lipinski definition) is 2. The average molecular weight is 464 g/mol. The SMILES string of the molecule is O=C(Nc1ccc(I)cc1C(=O)O)c1cc(F)cc(Br)c1. The first kappa shape index (κ1) is 15.9. The van der Waals surface area contributed by atoms with Crippen molar-refractivity contribution in [2.24, 2.45) is 0 Å². The summed E-state index contributed by atoms with van der Waals surface area (Å²) in [5.74, 6) is -2.29. The second kappa shape index (κ2) is 6.52. The van der Waals surface area contributed by atoms with E-state index in [-0.39, 0.29) is 16.8 Å². The molecule has 2 N–H and O–H groups in total. The van der Waals surface area contributed by atoms with E-state index in [1.165, 1.54) is 24.3 Å². The fourth-order valence-electron chi connectivity index (χ4n) is 1.68. The van der Waals surface area contributed by atoms with Crippen molar-refractivity contribution in [3.8, 4) is 0 Å². The zero-order valence-electron chi connectivity index (χ0n) is 10.4. The Kier molecular flexibility index (Phi) is 4.94. The Balaban J connectivity index is 2.33. The molecule has 21 heavy (non-hydrogen) atoms. The van der Waals surface area contributed by atoms with E-state index in [0.717, 1.165) is 9.64 Å². The van der Waals surface area contributed by atoms with Crippen LogP contribution in [0.15, 0.2) is 40.9 Å². The summed E-state index contributed by atoms with van der Waals surface area (Å²) in [5.41, 5.74) is 0.232. The van der Waals surface area contributed by atoms with Gasteiger partial charge in [0.1, 0.15) is 5.82 Å². The van der Waals surface area contributed by atoms with E-state index in [1.54, 1.807) is 6.07 Å². The van der Waals surface area contributed by atoms with Crippen LogP contribution in [0.2, 0.25) is 0 Å². The third-order valence-corrected chi connectivity index (χ3v) is 3.71. The second-order valence-electron chi connectivity index (χ2n) is 4.11. The van der Waals surface area contributed by atoms with Crippen LogP contribution in [0.25, 0.3) is 0 Å². The highest BCUT2D eigenvalue weighted by molar-refractivity contribution is 14.1. The average Bonchev–Trinajstić information content (AvgIpc) is 2.39. The van der Waals surface area contributed by atoms with Gasteiger partial charge in [-0.25, -0.2) is 9.18 Å². The van der Waals surface area contributed by atoms with Crippen LogP contribution in [0.4, 0.5) is 10.1 Å². The van der Waals surface area contributed by atoms with E-state index in [1.807, 2.05) is 22.6 Å². The molecule has 0 spiro atoms. The minimum Gasteiger partial charge on any atom is -0.478 e. The highest BCUT2D eigenvalue weighted by atomic mass is 127. The van der Waals surface area contributed by atoms with Crippen molar-refractivity contribution >= 4 is 56.1 Å². The zero-order valence-corrected chi connectivity index (χ0v) is 14.1. The van der Waals surface area contributed by atoms with E-state index >= 15 is 0 Å². The quantitative estimate of drug-likeness (QED) is 0.672. The highest BCUT2D eigenvalue weighted by Gasteiger charge is 2.15. The van der Waals surface area contributed by atoms with Gasteiger partial charge in [-0.2, -0.15) is 0 Å². The Morgan fingerprint density at radius 2 is 1.90 bits per heavy atom. The molecule has 2 rings (SSSR count). The molecule has 0 saturated carbocycles. The van der Waals surface area contributed by atoms with Gasteiger partial charge in [-0.05, 0) is 59.0 Å². The topological polar surface area (TPSA) is 66.4 Å². The van der Waals surface area contributed by atoms with Gasteiger partial charge in [-0.3, -0.25) is 4.79 Å². The standard InChI is InChI=1S/C14H8BrFINO3/c15-8-3-7(4-9(16)5-8)13(19)18-12-2-1-10(17)6-11(12)14(20)21/h1-6H,(H,18,19)(H,20,21). The van der Waals surface area contributed by atoms with Crippen molar-refractivity contribution in [2.45, 2.75) is 0 Å². The minimum absolute atomic E-state index is 0.0225. The summed E-state index contributed by atoms with van der Waals surface area (Å²) in [6.45, 7) is 0. The molecule has 0 radical (unpaired) electrons. The summed E-state index contributed by atoms with van der Waals surface area (Å²) in [4.78, 5) is 23.3. The van der Waals surface area contributed by atoms with E-state index < -0.39 is 17.7 Å². The first-order valence-corrected chi connectivity index (χ1v) is 7.54. The number of carboxylic acid groups (broad SMARTS) is 1. The summed E-state index contributed by atoms with van der Waals surface area (Å²) in [5, 5.41) is 11.6. The van der Waals surface area contributed by atoms with Gasteiger partial charge in [0.2, 0.25) is 0 Å². The Hall–Kier alpha value is -1.48. The van der Waals surface area contributed by atoms with Crippen LogP contribution >= 0.6 is 38.5 Å². The highest BCUT2D eigenvalue weighted by Crippen LogP contribution is 2.21. The van der Waals surface area contributed by atoms with Gasteiger partial charge in [-0.1, -0.05) is 15.9 Å². The molecule has 108 valence electrons. The van der Waals surface area contributed by atoms with Crippen LogP contribution in [0.3, 0.4) is 0 Å². The Labute approximate surface area is 141 Å². The number of carboxylic acids is 1. The number of anilines is 1. The van der Waals surface area contributed by atoms with Crippen molar-refractivity contribution in [3.05, 3.63) is 61.4 Å². The summed E-state index contributed by atoms with van der Waals surface area (Å²) >= 11 is 5.08. The molecule has 0 aliphatic rings. The first-order chi connectivity index (χ1) is 9.86. The van der Waals surface area contributed by atoms with Crippen molar-refractivity contribution in [2.75, 3.05) is 5.32 Å². The van der Waals surface area contributed by atoms with Gasteiger partial charge < -0.3 is 10.4 Å². The van der Waals surface area contributed by atoms with Gasteiger partial charge in [0.15, 0.2) is 0 Å². The molecule has 0 unspecified atom stereocenters. The maximum absolute atomic E-state index is 13.3. The summed E-state index contributed by atoms with van der Waals surface area (Å²) in [6, 6.07) is 8.37. The predicted octanol–water partition coefficient (Wildman–Crippen LogP) is 4.14. The third-order valence-electron chi connectivity index (χ3n) is 2.58. The van der Waals surface area contributed by atoms with Gasteiger partial charge in [-0.15, -0.1) is 0 Å². The molecule has 0 atom stereocenters. The molecule has 1 amide bonds. The van der Waals surface area contributed by atoms with E-state index in [2.05, 4.69) is 21.2 Å². The van der Waals surface area contributed by atoms with E-state index in [0.29, 0.717) is 4.47 Å². The summed E-state index contributed by atoms with van der Waals surface area (Å²) in [7, 11) is 0. The fraction of sp³-hybridized carbons (Fsp3) is 0. The Morgan fingerprint density at radius 3 is 2.52 bits per heavy atom. The van der Waals surface area contributed by atoms with Gasteiger partial charge in [0, 0.05) is 13.6 Å². The lowest BCUT2D eigenvalue weighted by Crippen LogP contribution is -2.15. The first-order valence-electron chi connectivity index (χ1n) is 5.67. The minimum atomic E-state index is -1.15. The van der Waals surface area contributed by atoms with Gasteiger partial charge in [0.05, 0.1) is 11.3 Å². The van der Waals surface area contributed by atoms with Crippen LogP contribution in [0, 0.1) is 9.39 Å². The number of nitrogens with one attached hydrogen (secondary N) is 1. The second-order valence-corrected chi connectivity index (χ2v) is 6.27. The predicted molar refractivity (Wildman–Crippen MR) is 88.2 cm³/mol. The molecular formula is C14H8BrFINO3. The lowest BCUT2D eigenvalue weighted by Gasteiger charge is -2.09. The molecule has 0 aromatic heterocycles. The smallest absolute Gasteiger partial charge is 0.337 e. The monoisotopic (exact) mass is 463 g/mol. The molecular weight excluding hydrogens is 456 g/mol. The number of hydrogen-bond donors (Lipinski definition) is 2. The molecule has 0 aliphatic carbocycles. The van der Waals surface area contributed by atoms with Crippen molar-refractivity contribution < 1.29 is 19.1 Å². The number of rotatable bonds is 3. The molecule has 2 aromatic rings.